The Morgan fingerprint density at radius 1 is 1.13 bits per heavy atom. The predicted molar refractivity (Wildman–Crippen MR) is 112 cm³/mol. The van der Waals surface area contributed by atoms with Gasteiger partial charge in [-0.2, -0.15) is 9.50 Å². The van der Waals surface area contributed by atoms with Crippen LogP contribution in [0.2, 0.25) is 0 Å². The van der Waals surface area contributed by atoms with E-state index in [0.717, 1.165) is 24.3 Å². The summed E-state index contributed by atoms with van der Waals surface area (Å²) in [7, 11) is 3.96. The number of fused-ring (bicyclic) bond motifs is 4. The molecule has 3 aromatic heterocycles. The van der Waals surface area contributed by atoms with Crippen molar-refractivity contribution in [3.05, 3.63) is 47.0 Å². The molecule has 0 unspecified atom stereocenters. The first-order valence-corrected chi connectivity index (χ1v) is 9.90. The fraction of sp³-hybridized carbons (Fsp3) is 0.333. The minimum Gasteiger partial charge on any atom is -0.490 e. The van der Waals surface area contributed by atoms with Gasteiger partial charge in [0.25, 0.3) is 11.3 Å². The van der Waals surface area contributed by atoms with Gasteiger partial charge in [0.05, 0.1) is 24.1 Å². The first kappa shape index (κ1) is 18.6. The summed E-state index contributed by atoms with van der Waals surface area (Å²) in [5, 5.41) is 5.13. The smallest absolute Gasteiger partial charge is 0.261 e. The summed E-state index contributed by atoms with van der Waals surface area (Å²) in [4.78, 5) is 23.8. The number of ether oxygens (including phenoxy) is 2. The average Bonchev–Trinajstić information content (AvgIpc) is 3.04. The molecule has 0 fully saturated rings. The molecule has 0 amide bonds. The minimum atomic E-state index is -0.0867. The molecule has 30 heavy (non-hydrogen) atoms. The molecular weight excluding hydrogens is 384 g/mol. The molecule has 0 atom stereocenters. The summed E-state index contributed by atoms with van der Waals surface area (Å²) in [5.41, 5.74) is 1.40. The molecule has 0 spiro atoms. The molecule has 0 aliphatic carbocycles. The molecular formula is C21H22N6O3. The Bertz CT molecular complexity index is 1290. The van der Waals surface area contributed by atoms with Crippen molar-refractivity contribution in [2.45, 2.75) is 13.0 Å². The molecule has 0 N–H and O–H groups in total. The SMILES string of the molecule is CN(C)CCn1ccc2c(cnc3nc(-c4ccc5c(c4)OCCCO5)nn32)c1=O. The molecule has 1 aromatic carbocycles. The molecule has 4 heterocycles. The summed E-state index contributed by atoms with van der Waals surface area (Å²) in [6, 6.07) is 7.54. The normalized spacial score (nSPS) is 13.8. The summed E-state index contributed by atoms with van der Waals surface area (Å²) < 4.78 is 14.8. The van der Waals surface area contributed by atoms with Gasteiger partial charge in [-0.1, -0.05) is 0 Å². The Kier molecular flexibility index (Phi) is 4.59. The van der Waals surface area contributed by atoms with E-state index in [-0.39, 0.29) is 5.56 Å². The van der Waals surface area contributed by atoms with Crippen molar-refractivity contribution in [2.24, 2.45) is 0 Å². The third-order valence-electron chi connectivity index (χ3n) is 5.10. The molecule has 0 saturated carbocycles. The second-order valence-corrected chi connectivity index (χ2v) is 7.53. The minimum absolute atomic E-state index is 0.0867. The highest BCUT2D eigenvalue weighted by molar-refractivity contribution is 5.79. The van der Waals surface area contributed by atoms with Crippen molar-refractivity contribution in [2.75, 3.05) is 33.9 Å². The Hall–Kier alpha value is -3.46. The van der Waals surface area contributed by atoms with E-state index < -0.39 is 0 Å². The number of benzene rings is 1. The van der Waals surface area contributed by atoms with E-state index in [1.54, 1.807) is 21.5 Å². The van der Waals surface area contributed by atoms with E-state index in [1.165, 1.54) is 0 Å². The lowest BCUT2D eigenvalue weighted by Gasteiger charge is -2.11. The number of nitrogens with zero attached hydrogens (tertiary/aromatic N) is 6. The zero-order chi connectivity index (χ0) is 20.7. The number of rotatable bonds is 4. The van der Waals surface area contributed by atoms with Crippen LogP contribution >= 0.6 is 0 Å². The van der Waals surface area contributed by atoms with Gasteiger partial charge in [0.2, 0.25) is 0 Å². The van der Waals surface area contributed by atoms with Crippen LogP contribution in [-0.2, 0) is 6.54 Å². The van der Waals surface area contributed by atoms with Crippen LogP contribution in [0.1, 0.15) is 6.42 Å². The molecule has 4 aromatic rings. The summed E-state index contributed by atoms with van der Waals surface area (Å²) in [6.07, 6.45) is 4.22. The highest BCUT2D eigenvalue weighted by atomic mass is 16.5. The zero-order valence-electron chi connectivity index (χ0n) is 16.9. The van der Waals surface area contributed by atoms with Crippen molar-refractivity contribution in [3.8, 4) is 22.9 Å². The van der Waals surface area contributed by atoms with Gasteiger partial charge in [-0.05, 0) is 38.4 Å². The number of hydrogen-bond donors (Lipinski definition) is 0. The first-order valence-electron chi connectivity index (χ1n) is 9.90. The lowest BCUT2D eigenvalue weighted by molar-refractivity contribution is 0.297. The average molecular weight is 406 g/mol. The van der Waals surface area contributed by atoms with E-state index in [1.807, 2.05) is 43.3 Å². The van der Waals surface area contributed by atoms with Gasteiger partial charge in [0.1, 0.15) is 0 Å². The van der Waals surface area contributed by atoms with E-state index >= 15 is 0 Å². The molecule has 9 heteroatoms. The second kappa shape index (κ2) is 7.42. The standard InChI is InChI=1S/C21H22N6O3/c1-25(2)8-9-26-7-6-16-15(20(26)28)13-22-21-23-19(24-27(16)21)14-4-5-17-18(12-14)30-11-3-10-29-17/h4-7,12-13H,3,8-11H2,1-2H3. The van der Waals surface area contributed by atoms with Gasteiger partial charge in [-0.3, -0.25) is 4.79 Å². The predicted octanol–water partition coefficient (Wildman–Crippen LogP) is 1.83. The number of likely N-dealkylation sites (N-methyl/N-ethyl adjacent to an activating group) is 1. The van der Waals surface area contributed by atoms with Gasteiger partial charge in [0.15, 0.2) is 17.3 Å². The van der Waals surface area contributed by atoms with E-state index in [2.05, 4.69) is 15.1 Å². The van der Waals surface area contributed by atoms with Gasteiger partial charge in [-0.25, -0.2) is 4.98 Å². The van der Waals surface area contributed by atoms with E-state index in [0.29, 0.717) is 48.0 Å². The maximum atomic E-state index is 12.9. The van der Waals surface area contributed by atoms with Crippen molar-refractivity contribution in [1.82, 2.24) is 29.0 Å². The molecule has 0 radical (unpaired) electrons. The topological polar surface area (TPSA) is 86.8 Å². The van der Waals surface area contributed by atoms with Crippen LogP contribution in [-0.4, -0.2) is 62.9 Å². The van der Waals surface area contributed by atoms with Gasteiger partial charge in [0, 0.05) is 37.5 Å². The molecule has 0 bridgehead atoms. The maximum Gasteiger partial charge on any atom is 0.261 e. The molecule has 1 aliphatic heterocycles. The van der Waals surface area contributed by atoms with Crippen molar-refractivity contribution < 1.29 is 9.47 Å². The third kappa shape index (κ3) is 3.26. The Balaban J connectivity index is 1.57. The largest absolute Gasteiger partial charge is 0.490 e. The Morgan fingerprint density at radius 3 is 2.80 bits per heavy atom. The number of pyridine rings is 1. The number of aromatic nitrogens is 5. The molecule has 0 saturated heterocycles. The van der Waals surface area contributed by atoms with Gasteiger partial charge >= 0.3 is 0 Å². The molecule has 1 aliphatic rings. The van der Waals surface area contributed by atoms with Crippen molar-refractivity contribution in [3.63, 3.8) is 0 Å². The molecule has 5 rings (SSSR count). The monoisotopic (exact) mass is 406 g/mol. The first-order chi connectivity index (χ1) is 14.6. The maximum absolute atomic E-state index is 12.9. The lowest BCUT2D eigenvalue weighted by atomic mass is 10.2. The second-order valence-electron chi connectivity index (χ2n) is 7.53. The third-order valence-corrected chi connectivity index (χ3v) is 5.10. The zero-order valence-corrected chi connectivity index (χ0v) is 16.9. The summed E-state index contributed by atoms with van der Waals surface area (Å²) >= 11 is 0. The lowest BCUT2D eigenvalue weighted by Crippen LogP contribution is -2.26. The van der Waals surface area contributed by atoms with Crippen molar-refractivity contribution in [1.29, 1.82) is 0 Å². The molecule has 154 valence electrons. The van der Waals surface area contributed by atoms with Crippen molar-refractivity contribution >= 4 is 16.7 Å². The van der Waals surface area contributed by atoms with E-state index in [4.69, 9.17) is 9.47 Å². The molecule has 9 nitrogen and oxygen atoms in total. The van der Waals surface area contributed by atoms with E-state index in [9.17, 15) is 4.79 Å². The van der Waals surface area contributed by atoms with Crippen LogP contribution in [0.25, 0.3) is 28.1 Å². The Labute approximate surface area is 172 Å². The number of hydrogen-bond acceptors (Lipinski definition) is 7. The van der Waals surface area contributed by atoms with Crippen LogP contribution in [0.15, 0.2) is 41.5 Å². The summed E-state index contributed by atoms with van der Waals surface area (Å²) in [5.74, 6) is 2.37. The van der Waals surface area contributed by atoms with Crippen LogP contribution in [0.5, 0.6) is 11.5 Å². The fourth-order valence-corrected chi connectivity index (χ4v) is 3.47. The fourth-order valence-electron chi connectivity index (χ4n) is 3.47. The van der Waals surface area contributed by atoms with Crippen LogP contribution < -0.4 is 15.0 Å². The Morgan fingerprint density at radius 2 is 1.97 bits per heavy atom. The van der Waals surface area contributed by atoms with Gasteiger partial charge in [-0.15, -0.1) is 5.10 Å². The van der Waals surface area contributed by atoms with Crippen LogP contribution in [0, 0.1) is 0 Å². The van der Waals surface area contributed by atoms with Crippen LogP contribution in [0.4, 0.5) is 0 Å². The highest BCUT2D eigenvalue weighted by Gasteiger charge is 2.16. The highest BCUT2D eigenvalue weighted by Crippen LogP contribution is 2.33. The summed E-state index contributed by atoms with van der Waals surface area (Å²) in [6.45, 7) is 2.64. The van der Waals surface area contributed by atoms with Gasteiger partial charge < -0.3 is 18.9 Å². The van der Waals surface area contributed by atoms with Crippen LogP contribution in [0.3, 0.4) is 0 Å². The quantitative estimate of drug-likeness (QED) is 0.511.